The van der Waals surface area contributed by atoms with E-state index in [0.717, 1.165) is 33.4 Å². The summed E-state index contributed by atoms with van der Waals surface area (Å²) in [6.07, 6.45) is 2.36. The molecule has 0 saturated carbocycles. The van der Waals surface area contributed by atoms with Crippen molar-refractivity contribution in [1.29, 1.82) is 0 Å². The van der Waals surface area contributed by atoms with Gasteiger partial charge in [-0.05, 0) is 70.0 Å². The van der Waals surface area contributed by atoms with Gasteiger partial charge in [0.2, 0.25) is 0 Å². The Morgan fingerprint density at radius 3 is 2.08 bits per heavy atom. The number of Topliss-reactive ketones (excluding diaryl/α,β-unsaturated/α-hetero) is 2. The summed E-state index contributed by atoms with van der Waals surface area (Å²) in [6, 6.07) is 10.3. The SMILES string of the molecule is COc1cc(C2C3=C(CC(C)(C)CC3=O)NC3=C2C(=O)CC(C)(C)C3)cc(I)c1OCc1ccccc1F. The maximum Gasteiger partial charge on any atom is 0.174 e. The van der Waals surface area contributed by atoms with Crippen molar-refractivity contribution in [3.8, 4) is 11.5 Å². The minimum Gasteiger partial charge on any atom is -0.493 e. The van der Waals surface area contributed by atoms with Gasteiger partial charge in [0, 0.05) is 46.9 Å². The molecule has 5 nitrogen and oxygen atoms in total. The van der Waals surface area contributed by atoms with Gasteiger partial charge < -0.3 is 14.8 Å². The predicted molar refractivity (Wildman–Crippen MR) is 152 cm³/mol. The molecule has 0 saturated heterocycles. The van der Waals surface area contributed by atoms with E-state index in [1.807, 2.05) is 12.1 Å². The summed E-state index contributed by atoms with van der Waals surface area (Å²) in [5.74, 6) is 0.349. The van der Waals surface area contributed by atoms with E-state index in [9.17, 15) is 14.0 Å². The maximum absolute atomic E-state index is 14.2. The number of rotatable bonds is 5. The van der Waals surface area contributed by atoms with Crippen LogP contribution in [-0.4, -0.2) is 18.7 Å². The van der Waals surface area contributed by atoms with Gasteiger partial charge in [0.05, 0.1) is 10.7 Å². The minimum absolute atomic E-state index is 0.0530. The molecule has 1 heterocycles. The lowest BCUT2D eigenvalue weighted by molar-refractivity contribution is -0.119. The highest BCUT2D eigenvalue weighted by Gasteiger charge is 2.46. The fourth-order valence-corrected chi connectivity index (χ4v) is 6.82. The average Bonchev–Trinajstić information content (AvgIpc) is 2.80. The van der Waals surface area contributed by atoms with E-state index in [2.05, 4.69) is 55.6 Å². The van der Waals surface area contributed by atoms with E-state index in [1.54, 1.807) is 25.3 Å². The third kappa shape index (κ3) is 5.01. The van der Waals surface area contributed by atoms with Gasteiger partial charge in [0.1, 0.15) is 12.4 Å². The van der Waals surface area contributed by atoms with Gasteiger partial charge in [-0.1, -0.05) is 45.9 Å². The topological polar surface area (TPSA) is 64.6 Å². The number of carbonyl (C=O) groups excluding carboxylic acids is 2. The van der Waals surface area contributed by atoms with Crippen molar-refractivity contribution in [2.45, 2.75) is 65.9 Å². The number of hydrogen-bond acceptors (Lipinski definition) is 5. The number of ether oxygens (including phenoxy) is 2. The van der Waals surface area contributed by atoms with Crippen LogP contribution < -0.4 is 14.8 Å². The first-order valence-corrected chi connectivity index (χ1v) is 14.0. The van der Waals surface area contributed by atoms with E-state index in [4.69, 9.17) is 9.47 Å². The van der Waals surface area contributed by atoms with Crippen LogP contribution in [0.5, 0.6) is 11.5 Å². The van der Waals surface area contributed by atoms with Gasteiger partial charge in [-0.3, -0.25) is 9.59 Å². The van der Waals surface area contributed by atoms with Crippen LogP contribution in [0, 0.1) is 20.2 Å². The first-order valence-electron chi connectivity index (χ1n) is 12.9. The number of halogens is 2. The third-order valence-corrected chi connectivity index (χ3v) is 8.44. The zero-order valence-electron chi connectivity index (χ0n) is 22.5. The second-order valence-electron chi connectivity index (χ2n) is 12.1. The smallest absolute Gasteiger partial charge is 0.174 e. The lowest BCUT2D eigenvalue weighted by Gasteiger charge is -2.44. The molecule has 5 rings (SSSR count). The Morgan fingerprint density at radius 1 is 0.947 bits per heavy atom. The van der Waals surface area contributed by atoms with Crippen LogP contribution in [-0.2, 0) is 16.2 Å². The number of dihydropyridines is 1. The molecule has 0 bridgehead atoms. The van der Waals surface area contributed by atoms with Crippen LogP contribution in [0.3, 0.4) is 0 Å². The number of nitrogens with one attached hydrogen (secondary N) is 1. The number of carbonyl (C=O) groups is 2. The van der Waals surface area contributed by atoms with Gasteiger partial charge in [-0.25, -0.2) is 4.39 Å². The molecule has 0 atom stereocenters. The summed E-state index contributed by atoms with van der Waals surface area (Å²) in [7, 11) is 1.56. The normalized spacial score (nSPS) is 20.6. The molecule has 0 fully saturated rings. The van der Waals surface area contributed by atoms with Crippen molar-refractivity contribution in [2.24, 2.45) is 10.8 Å². The highest BCUT2D eigenvalue weighted by molar-refractivity contribution is 14.1. The summed E-state index contributed by atoms with van der Waals surface area (Å²) < 4.78 is 26.7. The van der Waals surface area contributed by atoms with Crippen LogP contribution in [0.1, 0.15) is 70.4 Å². The summed E-state index contributed by atoms with van der Waals surface area (Å²) in [6.45, 7) is 8.49. The minimum atomic E-state index is -0.462. The van der Waals surface area contributed by atoms with Gasteiger partial charge in [0.25, 0.3) is 0 Å². The second-order valence-corrected chi connectivity index (χ2v) is 13.3. The van der Waals surface area contributed by atoms with Crippen LogP contribution in [0.4, 0.5) is 4.39 Å². The van der Waals surface area contributed by atoms with E-state index >= 15 is 0 Å². The molecule has 0 unspecified atom stereocenters. The van der Waals surface area contributed by atoms with Gasteiger partial charge >= 0.3 is 0 Å². The molecule has 1 N–H and O–H groups in total. The summed E-state index contributed by atoms with van der Waals surface area (Å²) in [5, 5.41) is 3.55. The quantitative estimate of drug-likeness (QED) is 0.362. The van der Waals surface area contributed by atoms with Crippen molar-refractivity contribution in [3.63, 3.8) is 0 Å². The van der Waals surface area contributed by atoms with E-state index in [-0.39, 0.29) is 34.8 Å². The first-order chi connectivity index (χ1) is 17.9. The molecule has 3 aliphatic rings. The van der Waals surface area contributed by atoms with Crippen LogP contribution in [0.25, 0.3) is 0 Å². The lowest BCUT2D eigenvalue weighted by Crippen LogP contribution is -2.42. The molecular formula is C31H33FINO4. The molecule has 0 amide bonds. The Kier molecular flexibility index (Phi) is 6.95. The molecule has 0 spiro atoms. The van der Waals surface area contributed by atoms with Gasteiger partial charge in [0.15, 0.2) is 23.1 Å². The first kappa shape index (κ1) is 26.9. The Labute approximate surface area is 237 Å². The Morgan fingerprint density at radius 2 is 1.53 bits per heavy atom. The monoisotopic (exact) mass is 629 g/mol. The third-order valence-electron chi connectivity index (χ3n) is 7.63. The van der Waals surface area contributed by atoms with Gasteiger partial charge in [-0.2, -0.15) is 0 Å². The number of benzene rings is 2. The number of hydrogen-bond donors (Lipinski definition) is 1. The summed E-state index contributed by atoms with van der Waals surface area (Å²) >= 11 is 2.18. The molecule has 2 aromatic carbocycles. The summed E-state index contributed by atoms with van der Waals surface area (Å²) in [5.41, 5.74) is 4.19. The molecule has 2 aromatic rings. The largest absolute Gasteiger partial charge is 0.493 e. The second kappa shape index (κ2) is 9.81. The van der Waals surface area contributed by atoms with Gasteiger partial charge in [-0.15, -0.1) is 0 Å². The maximum atomic E-state index is 14.2. The van der Waals surface area contributed by atoms with Crippen molar-refractivity contribution in [2.75, 3.05) is 7.11 Å². The van der Waals surface area contributed by atoms with Crippen molar-refractivity contribution < 1.29 is 23.5 Å². The highest BCUT2D eigenvalue weighted by atomic mass is 127. The Bertz CT molecular complexity index is 1350. The van der Waals surface area contributed by atoms with Crippen molar-refractivity contribution >= 4 is 34.2 Å². The predicted octanol–water partition coefficient (Wildman–Crippen LogP) is 6.99. The lowest BCUT2D eigenvalue weighted by atomic mass is 9.64. The van der Waals surface area contributed by atoms with E-state index in [0.29, 0.717) is 41.1 Å². The standard InChI is InChI=1S/C31H33FINO4/c1-30(2)12-21-27(23(35)14-30)26(28-22(34-21)13-31(3,4)15-24(28)36)18-10-20(33)29(25(11-18)37-5)38-16-17-8-6-7-9-19(17)32/h6-11,26,34H,12-16H2,1-5H3. The van der Waals surface area contributed by atoms with Crippen molar-refractivity contribution in [1.82, 2.24) is 5.32 Å². The Balaban J connectivity index is 1.60. The molecule has 38 heavy (non-hydrogen) atoms. The zero-order valence-corrected chi connectivity index (χ0v) is 24.6. The zero-order chi connectivity index (χ0) is 27.4. The number of ketones is 2. The molecule has 200 valence electrons. The Hall–Kier alpha value is -2.68. The molecule has 7 heteroatoms. The fraction of sp³-hybridized carbons (Fsp3) is 0.419. The number of methoxy groups -OCH3 is 1. The fourth-order valence-electron chi connectivity index (χ4n) is 6.03. The van der Waals surface area contributed by atoms with Crippen LogP contribution in [0.15, 0.2) is 58.9 Å². The van der Waals surface area contributed by atoms with E-state index in [1.165, 1.54) is 6.07 Å². The molecule has 1 aliphatic heterocycles. The van der Waals surface area contributed by atoms with Crippen LogP contribution >= 0.6 is 22.6 Å². The molecule has 0 radical (unpaired) electrons. The number of allylic oxidation sites excluding steroid dienone is 4. The average molecular weight is 630 g/mol. The summed E-state index contributed by atoms with van der Waals surface area (Å²) in [4.78, 5) is 27.2. The highest BCUT2D eigenvalue weighted by Crippen LogP contribution is 2.52. The molecule has 2 aliphatic carbocycles. The van der Waals surface area contributed by atoms with Crippen molar-refractivity contribution in [3.05, 3.63) is 79.5 Å². The molecule has 0 aromatic heterocycles. The molecular weight excluding hydrogens is 596 g/mol. The van der Waals surface area contributed by atoms with E-state index < -0.39 is 5.92 Å². The van der Waals surface area contributed by atoms with Crippen LogP contribution in [0.2, 0.25) is 0 Å².